The second-order valence-corrected chi connectivity index (χ2v) is 2.99. The fourth-order valence-corrected chi connectivity index (χ4v) is 0.648. The van der Waals surface area contributed by atoms with Gasteiger partial charge >= 0.3 is 0 Å². The maximum Gasteiger partial charge on any atom is 0.0449 e. The molecule has 1 aromatic carbocycles. The molecule has 0 saturated heterocycles. The zero-order chi connectivity index (χ0) is 8.69. The normalized spacial score (nSPS) is 8.27. The van der Waals surface area contributed by atoms with Crippen LogP contribution in [0.15, 0.2) is 29.2 Å². The molecule has 3 heteroatoms. The molecule has 0 bridgehead atoms. The summed E-state index contributed by atoms with van der Waals surface area (Å²) in [5, 5.41) is 0. The molecule has 1 rings (SSSR count). The molecule has 0 aliphatic carbocycles. The minimum Gasteiger partial charge on any atom is -0.398 e. The van der Waals surface area contributed by atoms with E-state index in [1.165, 1.54) is 0 Å². The summed E-state index contributed by atoms with van der Waals surface area (Å²) >= 11 is 7.86. The first-order chi connectivity index (χ1) is 5.22. The van der Waals surface area contributed by atoms with Crippen LogP contribution in [-0.2, 0) is 0 Å². The Bertz CT molecular complexity index is 180. The van der Waals surface area contributed by atoms with Crippen LogP contribution in [0.1, 0.15) is 6.92 Å². The number of hydrogen-bond donors (Lipinski definition) is 3. The number of anilines is 1. The summed E-state index contributed by atoms with van der Waals surface area (Å²) in [4.78, 5) is 0.840. The van der Waals surface area contributed by atoms with Crippen molar-refractivity contribution >= 4 is 30.9 Å². The van der Waals surface area contributed by atoms with Crippen molar-refractivity contribution in [3.63, 3.8) is 0 Å². The Morgan fingerprint density at radius 3 is 2.09 bits per heavy atom. The average Bonchev–Trinajstić information content (AvgIpc) is 1.97. The van der Waals surface area contributed by atoms with Gasteiger partial charge < -0.3 is 5.73 Å². The van der Waals surface area contributed by atoms with Gasteiger partial charge in [0.25, 0.3) is 0 Å². The van der Waals surface area contributed by atoms with E-state index in [0.29, 0.717) is 0 Å². The molecule has 0 aromatic heterocycles. The molecule has 0 unspecified atom stereocenters. The molecule has 1 nitrogen and oxygen atoms in total. The lowest BCUT2D eigenvalue weighted by Gasteiger charge is -1.92. The van der Waals surface area contributed by atoms with Crippen LogP contribution >= 0.6 is 25.3 Å². The topological polar surface area (TPSA) is 26.0 Å². The van der Waals surface area contributed by atoms with E-state index in [4.69, 9.17) is 5.73 Å². The van der Waals surface area contributed by atoms with Crippen molar-refractivity contribution in [3.8, 4) is 0 Å². The Labute approximate surface area is 78.8 Å². The molecule has 0 aliphatic rings. The van der Waals surface area contributed by atoms with Crippen molar-refractivity contribution in [2.75, 3.05) is 11.5 Å². The number of rotatable bonds is 0. The highest BCUT2D eigenvalue weighted by Gasteiger charge is 1.85. The minimum atomic E-state index is 0.732. The van der Waals surface area contributed by atoms with Crippen molar-refractivity contribution in [3.05, 3.63) is 24.3 Å². The first-order valence-electron chi connectivity index (χ1n) is 3.36. The van der Waals surface area contributed by atoms with E-state index >= 15 is 0 Å². The molecule has 0 fully saturated rings. The lowest BCUT2D eigenvalue weighted by Crippen LogP contribution is -1.83. The second-order valence-electron chi connectivity index (χ2n) is 1.88. The number of hydrogen-bond acceptors (Lipinski definition) is 3. The third-order valence-corrected chi connectivity index (χ3v) is 1.34. The third-order valence-electron chi connectivity index (χ3n) is 0.937. The molecule has 11 heavy (non-hydrogen) atoms. The number of nitrogen functional groups attached to an aromatic ring is 1. The maximum absolute atomic E-state index is 5.44. The van der Waals surface area contributed by atoms with Gasteiger partial charge in [0.05, 0.1) is 0 Å². The summed E-state index contributed by atoms with van der Waals surface area (Å²) in [5.41, 5.74) is 6.18. The van der Waals surface area contributed by atoms with E-state index in [2.05, 4.69) is 25.3 Å². The van der Waals surface area contributed by atoms with Crippen molar-refractivity contribution in [2.45, 2.75) is 11.8 Å². The van der Waals surface area contributed by atoms with E-state index in [9.17, 15) is 0 Å². The Morgan fingerprint density at radius 2 is 1.82 bits per heavy atom. The van der Waals surface area contributed by atoms with Gasteiger partial charge in [-0.05, 0) is 17.9 Å². The van der Waals surface area contributed by atoms with E-state index in [0.717, 1.165) is 16.3 Å². The number of para-hydroxylation sites is 1. The quantitative estimate of drug-likeness (QED) is 0.422. The Kier molecular flexibility index (Phi) is 6.27. The van der Waals surface area contributed by atoms with E-state index < -0.39 is 0 Å². The highest BCUT2D eigenvalue weighted by Crippen LogP contribution is 2.13. The van der Waals surface area contributed by atoms with Gasteiger partial charge in [-0.25, -0.2) is 0 Å². The SMILES string of the molecule is CCS.Nc1ccccc1S. The fourth-order valence-electron chi connectivity index (χ4n) is 0.488. The summed E-state index contributed by atoms with van der Waals surface area (Å²) in [6, 6.07) is 7.47. The van der Waals surface area contributed by atoms with Gasteiger partial charge in [0.2, 0.25) is 0 Å². The first-order valence-corrected chi connectivity index (χ1v) is 4.44. The van der Waals surface area contributed by atoms with Crippen molar-refractivity contribution in [1.29, 1.82) is 0 Å². The standard InChI is InChI=1S/C6H7NS.C2H6S/c7-5-3-1-2-4-6(5)8;1-2-3/h1-4,8H,7H2;3H,2H2,1H3. The van der Waals surface area contributed by atoms with Gasteiger partial charge in [-0.2, -0.15) is 12.6 Å². The molecule has 0 atom stereocenters. The second kappa shape index (κ2) is 6.43. The third kappa shape index (κ3) is 5.04. The number of thiol groups is 2. The molecular formula is C8H13NS2. The molecule has 2 N–H and O–H groups in total. The molecule has 1 aromatic rings. The molecule has 0 amide bonds. The molecule has 0 radical (unpaired) electrons. The van der Waals surface area contributed by atoms with Crippen LogP contribution in [0.25, 0.3) is 0 Å². The Morgan fingerprint density at radius 1 is 1.36 bits per heavy atom. The Hall–Kier alpha value is -0.280. The lowest BCUT2D eigenvalue weighted by atomic mass is 10.3. The summed E-state index contributed by atoms with van der Waals surface area (Å²) in [6.07, 6.45) is 0. The highest BCUT2D eigenvalue weighted by atomic mass is 32.1. The van der Waals surface area contributed by atoms with Crippen LogP contribution < -0.4 is 5.73 Å². The van der Waals surface area contributed by atoms with Crippen molar-refractivity contribution < 1.29 is 0 Å². The highest BCUT2D eigenvalue weighted by molar-refractivity contribution is 7.80. The maximum atomic E-state index is 5.44. The minimum absolute atomic E-state index is 0.732. The van der Waals surface area contributed by atoms with E-state index in [1.807, 2.05) is 31.2 Å². The monoisotopic (exact) mass is 187 g/mol. The molecule has 0 heterocycles. The molecule has 0 saturated carbocycles. The zero-order valence-electron chi connectivity index (χ0n) is 6.49. The average molecular weight is 187 g/mol. The van der Waals surface area contributed by atoms with Gasteiger partial charge in [-0.1, -0.05) is 19.1 Å². The molecule has 0 aliphatic heterocycles. The first kappa shape index (κ1) is 10.7. The molecule has 62 valence electrons. The van der Waals surface area contributed by atoms with Gasteiger partial charge in [-0.15, -0.1) is 12.6 Å². The predicted octanol–water partition coefficient (Wildman–Crippen LogP) is 2.49. The number of nitrogens with two attached hydrogens (primary N) is 1. The van der Waals surface area contributed by atoms with Gasteiger partial charge in [0, 0.05) is 10.6 Å². The molecule has 0 spiro atoms. The smallest absolute Gasteiger partial charge is 0.0449 e. The summed E-state index contributed by atoms with van der Waals surface area (Å²) in [6.45, 7) is 1.99. The summed E-state index contributed by atoms with van der Waals surface area (Å²) < 4.78 is 0. The van der Waals surface area contributed by atoms with Crippen LogP contribution in [0.5, 0.6) is 0 Å². The lowest BCUT2D eigenvalue weighted by molar-refractivity contribution is 1.48. The van der Waals surface area contributed by atoms with Gasteiger partial charge in [0.1, 0.15) is 0 Å². The van der Waals surface area contributed by atoms with Crippen LogP contribution in [0.4, 0.5) is 5.69 Å². The van der Waals surface area contributed by atoms with Gasteiger partial charge in [0.15, 0.2) is 0 Å². The largest absolute Gasteiger partial charge is 0.398 e. The molecular weight excluding hydrogens is 174 g/mol. The zero-order valence-corrected chi connectivity index (χ0v) is 8.28. The van der Waals surface area contributed by atoms with E-state index in [-0.39, 0.29) is 0 Å². The summed E-state index contributed by atoms with van der Waals surface area (Å²) in [7, 11) is 0. The van der Waals surface area contributed by atoms with Crippen LogP contribution in [-0.4, -0.2) is 5.75 Å². The summed E-state index contributed by atoms with van der Waals surface area (Å²) in [5.74, 6) is 0.944. The van der Waals surface area contributed by atoms with Crippen LogP contribution in [0, 0.1) is 0 Å². The fraction of sp³-hybridized carbons (Fsp3) is 0.250. The van der Waals surface area contributed by atoms with Crippen molar-refractivity contribution in [2.24, 2.45) is 0 Å². The predicted molar refractivity (Wildman–Crippen MR) is 57.6 cm³/mol. The van der Waals surface area contributed by atoms with Gasteiger partial charge in [-0.3, -0.25) is 0 Å². The van der Waals surface area contributed by atoms with Crippen LogP contribution in [0.2, 0.25) is 0 Å². The van der Waals surface area contributed by atoms with Crippen molar-refractivity contribution in [1.82, 2.24) is 0 Å². The number of benzene rings is 1. The van der Waals surface area contributed by atoms with E-state index in [1.54, 1.807) is 0 Å². The Balaban J connectivity index is 0.000000292. The van der Waals surface area contributed by atoms with Crippen LogP contribution in [0.3, 0.4) is 0 Å².